The number of carbonyl (C=O) groups excluding carboxylic acids is 1. The van der Waals surface area contributed by atoms with Crippen LogP contribution in [0.1, 0.15) is 21.7 Å². The zero-order valence-electron chi connectivity index (χ0n) is 11.1. The molecule has 1 N–H and O–H groups in total. The number of pyridine rings is 2. The number of hydrogen-bond donors (Lipinski definition) is 1. The summed E-state index contributed by atoms with van der Waals surface area (Å²) in [6, 6.07) is 7.37. The number of halogens is 1. The summed E-state index contributed by atoms with van der Waals surface area (Å²) in [4.78, 5) is 18.3. The van der Waals surface area contributed by atoms with Gasteiger partial charge in [-0.25, -0.2) is 9.97 Å². The van der Waals surface area contributed by atoms with Crippen LogP contribution in [0.5, 0.6) is 0 Å². The summed E-state index contributed by atoms with van der Waals surface area (Å²) in [6.07, 6.45) is 2.45. The van der Waals surface area contributed by atoms with Crippen LogP contribution in [-0.4, -0.2) is 26.5 Å². The largest absolute Gasteiger partial charge is 0.298 e. The van der Waals surface area contributed by atoms with Crippen molar-refractivity contribution in [3.05, 3.63) is 52.6 Å². The third-order valence-corrected chi connectivity index (χ3v) is 2.89. The fraction of sp³-hybridized carbons (Fsp3) is 0.143. The zero-order chi connectivity index (χ0) is 14.5. The Kier molecular flexibility index (Phi) is 4.42. The maximum absolute atomic E-state index is 10.2. The van der Waals surface area contributed by atoms with Gasteiger partial charge in [-0.1, -0.05) is 11.6 Å². The number of nitrogens with zero attached hydrogens (tertiary/aromatic N) is 3. The summed E-state index contributed by atoms with van der Waals surface area (Å²) in [5, 5.41) is 7.99. The van der Waals surface area contributed by atoms with E-state index in [4.69, 9.17) is 11.6 Å². The first kappa shape index (κ1) is 14.1. The van der Waals surface area contributed by atoms with Crippen LogP contribution in [-0.2, 0) is 0 Å². The zero-order valence-corrected chi connectivity index (χ0v) is 11.8. The fourth-order valence-electron chi connectivity index (χ4n) is 1.55. The average molecular weight is 289 g/mol. The second-order valence-corrected chi connectivity index (χ2v) is 4.57. The van der Waals surface area contributed by atoms with Crippen molar-refractivity contribution in [2.24, 2.45) is 0 Å². The molecule has 5 nitrogen and oxygen atoms in total. The quantitative estimate of drug-likeness (QED) is 0.551. The summed E-state index contributed by atoms with van der Waals surface area (Å²) in [6.45, 7) is 3.78. The molecule has 0 aliphatic carbocycles. The van der Waals surface area contributed by atoms with E-state index in [0.29, 0.717) is 11.8 Å². The van der Waals surface area contributed by atoms with Gasteiger partial charge in [-0.3, -0.25) is 9.89 Å². The van der Waals surface area contributed by atoms with Crippen LogP contribution >= 0.6 is 11.6 Å². The lowest BCUT2D eigenvalue weighted by Crippen LogP contribution is -1.87. The van der Waals surface area contributed by atoms with E-state index in [1.54, 1.807) is 18.3 Å². The molecule has 0 aliphatic heterocycles. The molecule has 0 bridgehead atoms. The molecule has 3 rings (SSSR count). The Labute approximate surface area is 121 Å². The first-order valence-electron chi connectivity index (χ1n) is 5.95. The molecule has 0 saturated carbocycles. The molecule has 0 atom stereocenters. The van der Waals surface area contributed by atoms with Crippen LogP contribution in [0.2, 0.25) is 5.15 Å². The molecular formula is C14H13ClN4O. The number of fused-ring (bicyclic) bond motifs is 1. The van der Waals surface area contributed by atoms with Gasteiger partial charge < -0.3 is 0 Å². The number of hydrogen-bond acceptors (Lipinski definition) is 4. The Morgan fingerprint density at radius 3 is 2.50 bits per heavy atom. The number of H-pyrrole nitrogens is 1. The SMILES string of the molecule is Cc1ccc(C=O)c(Cl)n1.Cc1ccc2cn[nH]c2n1. The van der Waals surface area contributed by atoms with E-state index in [-0.39, 0.29) is 5.15 Å². The standard InChI is InChI=1S/C7H6ClNO.C7H7N3/c1-5-2-3-6(4-10)7(8)9-5;1-5-2-3-6-4-8-10-7(6)9-5/h2-4H,1H3;2-4H,1H3,(H,8,9,10). The molecule has 3 heterocycles. The van der Waals surface area contributed by atoms with Crippen LogP contribution in [0.4, 0.5) is 0 Å². The Morgan fingerprint density at radius 2 is 1.80 bits per heavy atom. The summed E-state index contributed by atoms with van der Waals surface area (Å²) in [5.41, 5.74) is 3.12. The molecule has 20 heavy (non-hydrogen) atoms. The topological polar surface area (TPSA) is 71.5 Å². The highest BCUT2D eigenvalue weighted by Gasteiger charge is 1.98. The highest BCUT2D eigenvalue weighted by molar-refractivity contribution is 6.31. The number of aryl methyl sites for hydroxylation is 2. The van der Waals surface area contributed by atoms with Crippen molar-refractivity contribution in [3.8, 4) is 0 Å². The molecule has 0 unspecified atom stereocenters. The minimum atomic E-state index is 0.273. The molecule has 0 radical (unpaired) electrons. The van der Waals surface area contributed by atoms with E-state index >= 15 is 0 Å². The Balaban J connectivity index is 0.000000147. The van der Waals surface area contributed by atoms with Gasteiger partial charge in [0.1, 0.15) is 5.15 Å². The number of carbonyl (C=O) groups is 1. The van der Waals surface area contributed by atoms with Gasteiger partial charge in [0, 0.05) is 16.8 Å². The van der Waals surface area contributed by atoms with Crippen molar-refractivity contribution in [1.29, 1.82) is 0 Å². The molecule has 0 amide bonds. The minimum Gasteiger partial charge on any atom is -0.298 e. The van der Waals surface area contributed by atoms with E-state index < -0.39 is 0 Å². The van der Waals surface area contributed by atoms with E-state index in [0.717, 1.165) is 22.4 Å². The van der Waals surface area contributed by atoms with Crippen LogP contribution in [0, 0.1) is 13.8 Å². The smallest absolute Gasteiger partial charge is 0.155 e. The van der Waals surface area contributed by atoms with Crippen molar-refractivity contribution in [3.63, 3.8) is 0 Å². The lowest BCUT2D eigenvalue weighted by Gasteiger charge is -1.94. The van der Waals surface area contributed by atoms with Crippen molar-refractivity contribution in [1.82, 2.24) is 20.2 Å². The van der Waals surface area contributed by atoms with E-state index in [9.17, 15) is 4.79 Å². The van der Waals surface area contributed by atoms with Crippen molar-refractivity contribution in [2.75, 3.05) is 0 Å². The fourth-order valence-corrected chi connectivity index (χ4v) is 1.79. The third kappa shape index (κ3) is 3.39. The second kappa shape index (κ2) is 6.25. The Hall–Kier alpha value is -2.27. The van der Waals surface area contributed by atoms with Gasteiger partial charge in [-0.15, -0.1) is 0 Å². The summed E-state index contributed by atoms with van der Waals surface area (Å²) in [5.74, 6) is 0. The van der Waals surface area contributed by atoms with Crippen molar-refractivity contribution >= 4 is 28.9 Å². The predicted molar refractivity (Wildman–Crippen MR) is 78.0 cm³/mol. The summed E-state index contributed by atoms with van der Waals surface area (Å²) >= 11 is 5.59. The number of nitrogens with one attached hydrogen (secondary N) is 1. The number of rotatable bonds is 1. The van der Waals surface area contributed by atoms with Gasteiger partial charge in [-0.2, -0.15) is 5.10 Å². The average Bonchev–Trinajstić information content (AvgIpc) is 2.87. The molecule has 3 aromatic rings. The second-order valence-electron chi connectivity index (χ2n) is 4.21. The predicted octanol–water partition coefficient (Wildman–Crippen LogP) is 3.12. The molecule has 0 aliphatic rings. The van der Waals surface area contributed by atoms with Gasteiger partial charge in [0.15, 0.2) is 11.9 Å². The van der Waals surface area contributed by atoms with E-state index in [1.807, 2.05) is 26.0 Å². The molecule has 0 saturated heterocycles. The number of aromatic amines is 1. The summed E-state index contributed by atoms with van der Waals surface area (Å²) < 4.78 is 0. The first-order valence-corrected chi connectivity index (χ1v) is 6.33. The van der Waals surface area contributed by atoms with Crippen LogP contribution in [0.25, 0.3) is 11.0 Å². The highest BCUT2D eigenvalue weighted by Crippen LogP contribution is 2.10. The van der Waals surface area contributed by atoms with Gasteiger partial charge in [0.2, 0.25) is 0 Å². The monoisotopic (exact) mass is 288 g/mol. The lowest BCUT2D eigenvalue weighted by atomic mass is 10.3. The van der Waals surface area contributed by atoms with Gasteiger partial charge in [0.05, 0.1) is 11.8 Å². The molecule has 0 spiro atoms. The Bertz CT molecular complexity index is 739. The maximum Gasteiger partial charge on any atom is 0.155 e. The van der Waals surface area contributed by atoms with Crippen LogP contribution in [0.15, 0.2) is 30.5 Å². The first-order chi connectivity index (χ1) is 9.60. The molecule has 3 aromatic heterocycles. The normalized spacial score (nSPS) is 9.95. The van der Waals surface area contributed by atoms with Gasteiger partial charge in [0.25, 0.3) is 0 Å². The van der Waals surface area contributed by atoms with Gasteiger partial charge in [-0.05, 0) is 38.1 Å². The van der Waals surface area contributed by atoms with E-state index in [1.165, 1.54) is 0 Å². The summed E-state index contributed by atoms with van der Waals surface area (Å²) in [7, 11) is 0. The minimum absolute atomic E-state index is 0.273. The van der Waals surface area contributed by atoms with Crippen LogP contribution < -0.4 is 0 Å². The molecule has 6 heteroatoms. The molecule has 0 fully saturated rings. The van der Waals surface area contributed by atoms with E-state index in [2.05, 4.69) is 20.2 Å². The molecule has 0 aromatic carbocycles. The molecule has 102 valence electrons. The lowest BCUT2D eigenvalue weighted by molar-refractivity contribution is 0.112. The van der Waals surface area contributed by atoms with Crippen LogP contribution in [0.3, 0.4) is 0 Å². The van der Waals surface area contributed by atoms with Crippen molar-refractivity contribution in [2.45, 2.75) is 13.8 Å². The highest BCUT2D eigenvalue weighted by atomic mass is 35.5. The molecular weight excluding hydrogens is 276 g/mol. The number of aromatic nitrogens is 4. The van der Waals surface area contributed by atoms with Gasteiger partial charge >= 0.3 is 0 Å². The maximum atomic E-state index is 10.2. The number of aldehydes is 1. The third-order valence-electron chi connectivity index (χ3n) is 2.58. The Morgan fingerprint density at radius 1 is 1.10 bits per heavy atom. The van der Waals surface area contributed by atoms with Crippen molar-refractivity contribution < 1.29 is 4.79 Å².